The molecule has 0 radical (unpaired) electrons. The molecule has 8 heteroatoms. The summed E-state index contributed by atoms with van der Waals surface area (Å²) in [6.07, 6.45) is 1.78. The number of carbonyl (C=O) groups excluding carboxylic acids is 1. The maximum absolute atomic E-state index is 12.4. The van der Waals surface area contributed by atoms with Crippen LogP contribution in [0.25, 0.3) is 0 Å². The molecule has 6 nitrogen and oxygen atoms in total. The zero-order chi connectivity index (χ0) is 15.9. The predicted molar refractivity (Wildman–Crippen MR) is 88.3 cm³/mol. The summed E-state index contributed by atoms with van der Waals surface area (Å²) in [7, 11) is 3.01. The van der Waals surface area contributed by atoms with E-state index in [0.717, 1.165) is 10.1 Å². The Kier molecular flexibility index (Phi) is 5.79. The monoisotopic (exact) mass is 337 g/mol. The number of aromatic nitrogens is 2. The van der Waals surface area contributed by atoms with Crippen molar-refractivity contribution in [3.8, 4) is 11.5 Å². The lowest BCUT2D eigenvalue weighted by Crippen LogP contribution is -2.13. The van der Waals surface area contributed by atoms with Crippen LogP contribution in [-0.4, -0.2) is 36.1 Å². The number of hydrogen-bond donors (Lipinski definition) is 1. The van der Waals surface area contributed by atoms with Gasteiger partial charge in [0.05, 0.1) is 19.8 Å². The minimum Gasteiger partial charge on any atom is -0.493 e. The number of rotatable bonds is 7. The van der Waals surface area contributed by atoms with Crippen LogP contribution in [0.5, 0.6) is 11.5 Å². The number of carbonyl (C=O) groups is 1. The molecular weight excluding hydrogens is 322 g/mol. The first-order valence-corrected chi connectivity index (χ1v) is 8.09. The van der Waals surface area contributed by atoms with E-state index in [2.05, 4.69) is 22.1 Å². The summed E-state index contributed by atoms with van der Waals surface area (Å²) >= 11 is 2.82. The molecule has 116 valence electrons. The van der Waals surface area contributed by atoms with Crippen LogP contribution in [0.4, 0.5) is 5.13 Å². The summed E-state index contributed by atoms with van der Waals surface area (Å²) in [5.41, 5.74) is 0.373. The SMILES string of the molecule is C=CCSc1nnc(NC(=O)c2cccc(OC)c2OC)s1. The van der Waals surface area contributed by atoms with Gasteiger partial charge in [0.25, 0.3) is 5.91 Å². The van der Waals surface area contributed by atoms with Gasteiger partial charge in [-0.1, -0.05) is 35.2 Å². The van der Waals surface area contributed by atoms with Crippen LogP contribution in [-0.2, 0) is 0 Å². The Morgan fingerprint density at radius 1 is 1.41 bits per heavy atom. The third-order valence-electron chi connectivity index (χ3n) is 2.60. The lowest BCUT2D eigenvalue weighted by molar-refractivity contribution is 0.102. The molecule has 2 aromatic rings. The number of anilines is 1. The molecule has 1 aromatic carbocycles. The Morgan fingerprint density at radius 2 is 2.23 bits per heavy atom. The molecular formula is C14H15N3O3S2. The van der Waals surface area contributed by atoms with Crippen LogP contribution < -0.4 is 14.8 Å². The molecule has 1 N–H and O–H groups in total. The number of hydrogen-bond acceptors (Lipinski definition) is 7. The first-order chi connectivity index (χ1) is 10.7. The van der Waals surface area contributed by atoms with Gasteiger partial charge in [-0.3, -0.25) is 10.1 Å². The van der Waals surface area contributed by atoms with Gasteiger partial charge in [-0.05, 0) is 12.1 Å². The van der Waals surface area contributed by atoms with Crippen LogP contribution in [0, 0.1) is 0 Å². The number of benzene rings is 1. The Bertz CT molecular complexity index is 673. The molecule has 1 heterocycles. The largest absolute Gasteiger partial charge is 0.493 e. The number of para-hydroxylation sites is 1. The van der Waals surface area contributed by atoms with E-state index in [1.54, 1.807) is 24.3 Å². The minimum atomic E-state index is -0.327. The van der Waals surface area contributed by atoms with E-state index >= 15 is 0 Å². The molecule has 0 spiro atoms. The van der Waals surface area contributed by atoms with Crippen LogP contribution in [0.1, 0.15) is 10.4 Å². The summed E-state index contributed by atoms with van der Waals surface area (Å²) in [5, 5.41) is 11.1. The average Bonchev–Trinajstić information content (AvgIpc) is 2.99. The van der Waals surface area contributed by atoms with E-state index in [4.69, 9.17) is 9.47 Å². The topological polar surface area (TPSA) is 73.3 Å². The highest BCUT2D eigenvalue weighted by molar-refractivity contribution is 8.01. The van der Waals surface area contributed by atoms with E-state index in [1.165, 1.54) is 37.3 Å². The number of nitrogens with zero attached hydrogens (tertiary/aromatic N) is 2. The molecule has 22 heavy (non-hydrogen) atoms. The molecule has 0 atom stereocenters. The van der Waals surface area contributed by atoms with Crippen molar-refractivity contribution in [3.63, 3.8) is 0 Å². The van der Waals surface area contributed by atoms with Crippen molar-refractivity contribution in [2.75, 3.05) is 25.3 Å². The fraction of sp³-hybridized carbons (Fsp3) is 0.214. The van der Waals surface area contributed by atoms with Gasteiger partial charge in [-0.2, -0.15) is 0 Å². The third-order valence-corrected chi connectivity index (χ3v) is 4.57. The Balaban J connectivity index is 2.15. The molecule has 1 aromatic heterocycles. The van der Waals surface area contributed by atoms with Crippen molar-refractivity contribution in [2.24, 2.45) is 0 Å². The molecule has 0 saturated carbocycles. The lowest BCUT2D eigenvalue weighted by Gasteiger charge is -2.11. The van der Waals surface area contributed by atoms with Crippen LogP contribution in [0.2, 0.25) is 0 Å². The average molecular weight is 337 g/mol. The van der Waals surface area contributed by atoms with E-state index in [-0.39, 0.29) is 5.91 Å². The van der Waals surface area contributed by atoms with E-state index in [9.17, 15) is 4.79 Å². The van der Waals surface area contributed by atoms with Gasteiger partial charge in [-0.15, -0.1) is 16.8 Å². The van der Waals surface area contributed by atoms with Gasteiger partial charge in [-0.25, -0.2) is 0 Å². The standard InChI is InChI=1S/C14H15N3O3S2/c1-4-8-21-14-17-16-13(22-14)15-12(18)9-6-5-7-10(19-2)11(9)20-3/h4-7H,1,8H2,2-3H3,(H,15,16,18). The molecule has 0 saturated heterocycles. The van der Waals surface area contributed by atoms with Gasteiger partial charge in [0.1, 0.15) is 0 Å². The molecule has 2 rings (SSSR count). The number of ether oxygens (including phenoxy) is 2. The highest BCUT2D eigenvalue weighted by Gasteiger charge is 2.17. The lowest BCUT2D eigenvalue weighted by atomic mass is 10.1. The first-order valence-electron chi connectivity index (χ1n) is 6.29. The molecule has 0 unspecified atom stereocenters. The summed E-state index contributed by atoms with van der Waals surface area (Å²) in [6, 6.07) is 5.11. The smallest absolute Gasteiger partial charge is 0.261 e. The number of thioether (sulfide) groups is 1. The van der Waals surface area contributed by atoms with Gasteiger partial charge in [0, 0.05) is 5.75 Å². The van der Waals surface area contributed by atoms with E-state index in [1.807, 2.05) is 0 Å². The Labute approximate surface area is 136 Å². The van der Waals surface area contributed by atoms with E-state index < -0.39 is 0 Å². The molecule has 0 bridgehead atoms. The van der Waals surface area contributed by atoms with Crippen molar-refractivity contribution in [1.29, 1.82) is 0 Å². The Morgan fingerprint density at radius 3 is 2.91 bits per heavy atom. The fourth-order valence-corrected chi connectivity index (χ4v) is 3.19. The van der Waals surface area contributed by atoms with Gasteiger partial charge < -0.3 is 9.47 Å². The van der Waals surface area contributed by atoms with Gasteiger partial charge >= 0.3 is 0 Å². The zero-order valence-electron chi connectivity index (χ0n) is 12.2. The predicted octanol–water partition coefficient (Wildman–Crippen LogP) is 3.09. The second-order valence-electron chi connectivity index (χ2n) is 3.97. The summed E-state index contributed by atoms with van der Waals surface area (Å²) in [6.45, 7) is 3.65. The summed E-state index contributed by atoms with van der Waals surface area (Å²) in [5.74, 6) is 1.29. The normalized spacial score (nSPS) is 10.1. The molecule has 0 aliphatic rings. The van der Waals surface area contributed by atoms with Gasteiger partial charge in [0.15, 0.2) is 15.8 Å². The molecule has 0 aliphatic heterocycles. The van der Waals surface area contributed by atoms with Crippen molar-refractivity contribution >= 4 is 34.1 Å². The fourth-order valence-electron chi connectivity index (χ4n) is 1.68. The second kappa shape index (κ2) is 7.81. The highest BCUT2D eigenvalue weighted by atomic mass is 32.2. The molecule has 1 amide bonds. The van der Waals surface area contributed by atoms with Crippen LogP contribution >= 0.6 is 23.1 Å². The Hall–Kier alpha value is -2.06. The summed E-state index contributed by atoms with van der Waals surface area (Å²) < 4.78 is 11.2. The van der Waals surface area contributed by atoms with Crippen LogP contribution in [0.15, 0.2) is 35.2 Å². The van der Waals surface area contributed by atoms with Crippen molar-refractivity contribution in [1.82, 2.24) is 10.2 Å². The van der Waals surface area contributed by atoms with Crippen molar-refractivity contribution in [3.05, 3.63) is 36.4 Å². The number of methoxy groups -OCH3 is 2. The molecule has 0 fully saturated rings. The highest BCUT2D eigenvalue weighted by Crippen LogP contribution is 2.32. The number of amides is 1. The van der Waals surface area contributed by atoms with E-state index in [0.29, 0.717) is 22.2 Å². The second-order valence-corrected chi connectivity index (χ2v) is 6.21. The van der Waals surface area contributed by atoms with Crippen molar-refractivity contribution in [2.45, 2.75) is 4.34 Å². The summed E-state index contributed by atoms with van der Waals surface area (Å²) in [4.78, 5) is 12.4. The van der Waals surface area contributed by atoms with Crippen LogP contribution in [0.3, 0.4) is 0 Å². The minimum absolute atomic E-state index is 0.327. The zero-order valence-corrected chi connectivity index (χ0v) is 13.8. The maximum atomic E-state index is 12.4. The quantitative estimate of drug-likeness (QED) is 0.475. The third kappa shape index (κ3) is 3.77. The maximum Gasteiger partial charge on any atom is 0.261 e. The van der Waals surface area contributed by atoms with Gasteiger partial charge in [0.2, 0.25) is 5.13 Å². The molecule has 0 aliphatic carbocycles. The number of nitrogens with one attached hydrogen (secondary N) is 1. The first kappa shape index (κ1) is 16.3. The van der Waals surface area contributed by atoms with Crippen molar-refractivity contribution < 1.29 is 14.3 Å².